The number of carbonyl (C=O) groups is 1. The average Bonchev–Trinajstić information content (AvgIpc) is 2.92. The van der Waals surface area contributed by atoms with E-state index in [-0.39, 0.29) is 24.1 Å². The van der Waals surface area contributed by atoms with Crippen LogP contribution in [0.15, 0.2) is 36.5 Å². The molecule has 1 saturated heterocycles. The summed E-state index contributed by atoms with van der Waals surface area (Å²) in [4.78, 5) is 24.9. The predicted molar refractivity (Wildman–Crippen MR) is 149 cm³/mol. The summed E-state index contributed by atoms with van der Waals surface area (Å²) in [6.07, 6.45) is 11.0. The molecule has 4 N–H and O–H groups in total. The van der Waals surface area contributed by atoms with Crippen molar-refractivity contribution < 1.29 is 9.90 Å². The van der Waals surface area contributed by atoms with Crippen molar-refractivity contribution in [3.05, 3.63) is 47.7 Å². The van der Waals surface area contributed by atoms with Gasteiger partial charge in [-0.05, 0) is 69.9 Å². The zero-order valence-electron chi connectivity index (χ0n) is 22.3. The summed E-state index contributed by atoms with van der Waals surface area (Å²) in [5.41, 5.74) is 1.89. The number of aliphatic hydroxyl groups excluding tert-OH is 1. The number of nitrogens with zero attached hydrogens (tertiary/aromatic N) is 3. The molecule has 2 aliphatic rings. The lowest BCUT2D eigenvalue weighted by molar-refractivity contribution is 0.0910. The number of carbonyl (C=O) groups excluding carboxylic acids is 1. The number of aliphatic hydroxyl groups is 1. The van der Waals surface area contributed by atoms with Gasteiger partial charge >= 0.3 is 0 Å². The third-order valence-corrected chi connectivity index (χ3v) is 7.59. The first-order chi connectivity index (χ1) is 18.1. The second-order valence-corrected chi connectivity index (χ2v) is 10.6. The lowest BCUT2D eigenvalue weighted by Gasteiger charge is -2.32. The standard InChI is InChI=1S/C29H44N6O2/c1-2-3-17-30-29-31-21-26(27(34-29)32-23-11-13-25(36)14-12-23)28(37)33-24-15-19-35(20-16-24)18-7-10-22-8-5-4-6-9-22/h4-6,8-9,21,23-25,36H,2-3,7,10-20H2,1H3,(H,33,37)(H2,30,31,32,34). The van der Waals surface area contributed by atoms with Crippen LogP contribution in [0.2, 0.25) is 0 Å². The van der Waals surface area contributed by atoms with Gasteiger partial charge in [-0.15, -0.1) is 0 Å². The highest BCUT2D eigenvalue weighted by Crippen LogP contribution is 2.24. The van der Waals surface area contributed by atoms with Gasteiger partial charge in [0.05, 0.1) is 6.10 Å². The second kappa shape index (κ2) is 14.3. The van der Waals surface area contributed by atoms with Gasteiger partial charge in [-0.3, -0.25) is 4.79 Å². The number of hydrogen-bond acceptors (Lipinski definition) is 7. The van der Waals surface area contributed by atoms with Crippen LogP contribution in [0.25, 0.3) is 0 Å². The summed E-state index contributed by atoms with van der Waals surface area (Å²) in [6.45, 7) is 6.06. The van der Waals surface area contributed by atoms with Crippen LogP contribution < -0.4 is 16.0 Å². The molecule has 1 aliphatic heterocycles. The van der Waals surface area contributed by atoms with Gasteiger partial charge in [0, 0.05) is 37.9 Å². The van der Waals surface area contributed by atoms with E-state index in [1.54, 1.807) is 6.20 Å². The van der Waals surface area contributed by atoms with Gasteiger partial charge in [0.15, 0.2) is 0 Å². The zero-order valence-corrected chi connectivity index (χ0v) is 22.3. The van der Waals surface area contributed by atoms with Gasteiger partial charge in [-0.1, -0.05) is 43.7 Å². The first-order valence-corrected chi connectivity index (χ1v) is 14.2. The average molecular weight is 509 g/mol. The Morgan fingerprint density at radius 3 is 2.51 bits per heavy atom. The van der Waals surface area contributed by atoms with Gasteiger partial charge in [-0.25, -0.2) is 4.98 Å². The van der Waals surface area contributed by atoms with Crippen molar-refractivity contribution in [3.8, 4) is 0 Å². The van der Waals surface area contributed by atoms with Gasteiger partial charge in [0.25, 0.3) is 5.91 Å². The van der Waals surface area contributed by atoms with Crippen LogP contribution >= 0.6 is 0 Å². The number of rotatable bonds is 12. The van der Waals surface area contributed by atoms with E-state index in [0.29, 0.717) is 17.3 Å². The molecule has 1 aromatic carbocycles. The maximum Gasteiger partial charge on any atom is 0.256 e. The molecule has 1 saturated carbocycles. The number of aryl methyl sites for hydroxylation is 1. The van der Waals surface area contributed by atoms with Crippen LogP contribution in [0, 0.1) is 0 Å². The molecule has 0 spiro atoms. The van der Waals surface area contributed by atoms with Crippen molar-refractivity contribution in [2.45, 2.75) is 89.3 Å². The Morgan fingerprint density at radius 2 is 1.78 bits per heavy atom. The summed E-state index contributed by atoms with van der Waals surface area (Å²) in [7, 11) is 0. The number of benzene rings is 1. The first-order valence-electron chi connectivity index (χ1n) is 14.2. The zero-order chi connectivity index (χ0) is 25.9. The fourth-order valence-electron chi connectivity index (χ4n) is 5.25. The van der Waals surface area contributed by atoms with Crippen LogP contribution in [0.3, 0.4) is 0 Å². The number of nitrogens with one attached hydrogen (secondary N) is 3. The Hall–Kier alpha value is -2.71. The molecule has 2 fully saturated rings. The molecule has 37 heavy (non-hydrogen) atoms. The number of unbranched alkanes of at least 4 members (excludes halogenated alkanes) is 1. The monoisotopic (exact) mass is 508 g/mol. The molecule has 1 aromatic heterocycles. The highest BCUT2D eigenvalue weighted by Gasteiger charge is 2.25. The Labute approximate surface area is 221 Å². The summed E-state index contributed by atoms with van der Waals surface area (Å²) >= 11 is 0. The van der Waals surface area contributed by atoms with E-state index in [9.17, 15) is 9.90 Å². The van der Waals surface area contributed by atoms with Crippen molar-refractivity contribution in [1.82, 2.24) is 20.2 Å². The van der Waals surface area contributed by atoms with E-state index >= 15 is 0 Å². The molecule has 0 unspecified atom stereocenters. The lowest BCUT2D eigenvalue weighted by Crippen LogP contribution is -2.45. The van der Waals surface area contributed by atoms with Crippen molar-refractivity contribution in [1.29, 1.82) is 0 Å². The molecule has 0 radical (unpaired) electrons. The number of hydrogen-bond donors (Lipinski definition) is 4. The minimum Gasteiger partial charge on any atom is -0.393 e. The molecule has 0 bridgehead atoms. The van der Waals surface area contributed by atoms with Gasteiger partial charge in [0.2, 0.25) is 5.95 Å². The van der Waals surface area contributed by atoms with E-state index < -0.39 is 0 Å². The van der Waals surface area contributed by atoms with E-state index in [1.165, 1.54) is 5.56 Å². The van der Waals surface area contributed by atoms with Crippen molar-refractivity contribution in [2.75, 3.05) is 36.8 Å². The summed E-state index contributed by atoms with van der Waals surface area (Å²) in [5, 5.41) is 19.9. The van der Waals surface area contributed by atoms with Crippen LogP contribution in [-0.4, -0.2) is 70.2 Å². The SMILES string of the molecule is CCCCNc1ncc(C(=O)NC2CCN(CCCc3ccccc3)CC2)c(NC2CCC(O)CC2)n1. The third-order valence-electron chi connectivity index (χ3n) is 7.59. The molecule has 8 heteroatoms. The van der Waals surface area contributed by atoms with E-state index in [4.69, 9.17) is 0 Å². The highest BCUT2D eigenvalue weighted by molar-refractivity contribution is 5.98. The maximum atomic E-state index is 13.3. The fraction of sp³-hybridized carbons (Fsp3) is 0.621. The van der Waals surface area contributed by atoms with Crippen LogP contribution in [0.1, 0.15) is 80.6 Å². The largest absolute Gasteiger partial charge is 0.393 e. The smallest absolute Gasteiger partial charge is 0.256 e. The number of anilines is 2. The minimum atomic E-state index is -0.221. The van der Waals surface area contributed by atoms with Crippen LogP contribution in [0.4, 0.5) is 11.8 Å². The van der Waals surface area contributed by atoms with E-state index in [0.717, 1.165) is 90.4 Å². The van der Waals surface area contributed by atoms with Crippen molar-refractivity contribution in [3.63, 3.8) is 0 Å². The Balaban J connectivity index is 1.29. The van der Waals surface area contributed by atoms with Crippen molar-refractivity contribution in [2.24, 2.45) is 0 Å². The van der Waals surface area contributed by atoms with Crippen LogP contribution in [0.5, 0.6) is 0 Å². The normalized spacial score (nSPS) is 20.9. The van der Waals surface area contributed by atoms with Gasteiger partial charge in [-0.2, -0.15) is 4.98 Å². The molecule has 1 amide bonds. The summed E-state index contributed by atoms with van der Waals surface area (Å²) in [6, 6.07) is 11.0. The minimum absolute atomic E-state index is 0.110. The molecule has 4 rings (SSSR count). The molecule has 8 nitrogen and oxygen atoms in total. The molecule has 1 aliphatic carbocycles. The Bertz CT molecular complexity index is 956. The number of piperidine rings is 1. The van der Waals surface area contributed by atoms with Crippen molar-refractivity contribution >= 4 is 17.7 Å². The first kappa shape index (κ1) is 27.3. The van der Waals surface area contributed by atoms with E-state index in [2.05, 4.69) is 68.1 Å². The highest BCUT2D eigenvalue weighted by atomic mass is 16.3. The molecule has 2 heterocycles. The van der Waals surface area contributed by atoms with Gasteiger partial charge < -0.3 is 26.0 Å². The molecular weight excluding hydrogens is 464 g/mol. The number of likely N-dealkylation sites (tertiary alicyclic amines) is 1. The Kier molecular flexibility index (Phi) is 10.6. The Morgan fingerprint density at radius 1 is 1.03 bits per heavy atom. The summed E-state index contributed by atoms with van der Waals surface area (Å²) in [5.74, 6) is 1.03. The molecule has 2 aromatic rings. The number of aromatic nitrogens is 2. The van der Waals surface area contributed by atoms with Crippen LogP contribution in [-0.2, 0) is 6.42 Å². The van der Waals surface area contributed by atoms with E-state index in [1.807, 2.05) is 0 Å². The molecular formula is C29H44N6O2. The quantitative estimate of drug-likeness (QED) is 0.318. The number of amides is 1. The maximum absolute atomic E-state index is 13.3. The second-order valence-electron chi connectivity index (χ2n) is 10.6. The fourth-order valence-corrected chi connectivity index (χ4v) is 5.25. The predicted octanol–water partition coefficient (Wildman–Crippen LogP) is 4.23. The third kappa shape index (κ3) is 8.68. The molecule has 202 valence electrons. The molecule has 0 atom stereocenters. The summed E-state index contributed by atoms with van der Waals surface area (Å²) < 4.78 is 0. The lowest BCUT2D eigenvalue weighted by atomic mass is 9.93. The topological polar surface area (TPSA) is 102 Å². The van der Waals surface area contributed by atoms with Gasteiger partial charge in [0.1, 0.15) is 11.4 Å².